The van der Waals surface area contributed by atoms with Gasteiger partial charge >= 0.3 is 0 Å². The Labute approximate surface area is 102 Å². The number of rotatable bonds is 2. The van der Waals surface area contributed by atoms with Gasteiger partial charge in [0.05, 0.1) is 4.88 Å². The number of nitrogens with zero attached hydrogens (tertiary/aromatic N) is 1. The summed E-state index contributed by atoms with van der Waals surface area (Å²) < 4.78 is 2.14. The minimum absolute atomic E-state index is 1.25. The number of thiophene rings is 2. The molecule has 3 heterocycles. The molecule has 3 aromatic rings. The molecule has 78 valence electrons. The van der Waals surface area contributed by atoms with Crippen molar-refractivity contribution in [3.05, 3.63) is 60.2 Å². The van der Waals surface area contributed by atoms with Crippen molar-refractivity contribution < 1.29 is 4.57 Å². The molecule has 3 heteroatoms. The summed E-state index contributed by atoms with van der Waals surface area (Å²) in [7, 11) is 0. The van der Waals surface area contributed by atoms with E-state index in [4.69, 9.17) is 0 Å². The van der Waals surface area contributed by atoms with Crippen LogP contribution in [0.4, 0.5) is 0 Å². The van der Waals surface area contributed by atoms with E-state index in [-0.39, 0.29) is 0 Å². The van der Waals surface area contributed by atoms with Crippen molar-refractivity contribution in [2.45, 2.75) is 0 Å². The Bertz CT molecular complexity index is 567. The summed E-state index contributed by atoms with van der Waals surface area (Å²) in [6.07, 6.45) is 4.15. The Morgan fingerprint density at radius 1 is 0.812 bits per heavy atom. The predicted molar refractivity (Wildman–Crippen MR) is 69.2 cm³/mol. The lowest BCUT2D eigenvalue weighted by molar-refractivity contribution is -0.591. The van der Waals surface area contributed by atoms with Crippen molar-refractivity contribution in [1.29, 1.82) is 0 Å². The van der Waals surface area contributed by atoms with Crippen molar-refractivity contribution in [3.63, 3.8) is 0 Å². The van der Waals surface area contributed by atoms with E-state index in [1.165, 1.54) is 14.8 Å². The average molecular weight is 244 g/mol. The lowest BCUT2D eigenvalue weighted by Crippen LogP contribution is -2.27. The fourth-order valence-electron chi connectivity index (χ4n) is 1.56. The Hall–Kier alpha value is -1.45. The summed E-state index contributed by atoms with van der Waals surface area (Å²) >= 11 is 3.60. The number of hydrogen-bond acceptors (Lipinski definition) is 2. The monoisotopic (exact) mass is 244 g/mol. The maximum atomic E-state index is 2.19. The third-order valence-corrected chi connectivity index (χ3v) is 4.49. The van der Waals surface area contributed by atoms with E-state index in [1.807, 2.05) is 29.5 Å². The molecule has 0 unspecified atom stereocenters. The zero-order valence-corrected chi connectivity index (χ0v) is 10.2. The largest absolute Gasteiger partial charge is 0.267 e. The van der Waals surface area contributed by atoms with Crippen molar-refractivity contribution in [2.24, 2.45) is 0 Å². The summed E-state index contributed by atoms with van der Waals surface area (Å²) in [5, 5.41) is 3.37. The van der Waals surface area contributed by atoms with Crippen LogP contribution in [0.25, 0.3) is 14.8 Å². The summed E-state index contributed by atoms with van der Waals surface area (Å²) in [6.45, 7) is 0. The fourth-order valence-corrected chi connectivity index (χ4v) is 3.37. The minimum atomic E-state index is 1.25. The number of aromatic nitrogens is 1. The summed E-state index contributed by atoms with van der Waals surface area (Å²) in [4.78, 5) is 2.68. The van der Waals surface area contributed by atoms with Gasteiger partial charge in [-0.3, -0.25) is 0 Å². The molecule has 3 rings (SSSR count). The minimum Gasteiger partial charge on any atom is -0.158 e. The highest BCUT2D eigenvalue weighted by molar-refractivity contribution is 7.22. The van der Waals surface area contributed by atoms with Crippen LogP contribution in [0, 0.1) is 0 Å². The first kappa shape index (κ1) is 9.75. The molecule has 0 bridgehead atoms. The van der Waals surface area contributed by atoms with Crippen LogP contribution in [-0.4, -0.2) is 0 Å². The van der Waals surface area contributed by atoms with Gasteiger partial charge in [0.15, 0.2) is 12.4 Å². The van der Waals surface area contributed by atoms with Gasteiger partial charge in [0.2, 0.25) is 0 Å². The van der Waals surface area contributed by atoms with E-state index < -0.39 is 0 Å². The van der Waals surface area contributed by atoms with Crippen LogP contribution in [0.1, 0.15) is 0 Å². The van der Waals surface area contributed by atoms with E-state index in [2.05, 4.69) is 46.6 Å². The highest BCUT2D eigenvalue weighted by Crippen LogP contribution is 2.31. The maximum Gasteiger partial charge on any atom is 0.267 e. The van der Waals surface area contributed by atoms with Gasteiger partial charge in [-0.2, -0.15) is 4.57 Å². The van der Waals surface area contributed by atoms with Gasteiger partial charge in [-0.15, -0.1) is 11.3 Å². The normalized spacial score (nSPS) is 10.5. The predicted octanol–water partition coefficient (Wildman–Crippen LogP) is 3.75. The van der Waals surface area contributed by atoms with Gasteiger partial charge in [-0.05, 0) is 17.5 Å². The van der Waals surface area contributed by atoms with Crippen LogP contribution in [0.15, 0.2) is 60.2 Å². The van der Waals surface area contributed by atoms with Crippen molar-refractivity contribution in [1.82, 2.24) is 0 Å². The second-order valence-corrected chi connectivity index (χ2v) is 5.41. The molecule has 0 aromatic carbocycles. The van der Waals surface area contributed by atoms with Crippen LogP contribution in [0.2, 0.25) is 0 Å². The molecular weight excluding hydrogens is 234 g/mol. The first-order valence-corrected chi connectivity index (χ1v) is 6.73. The van der Waals surface area contributed by atoms with E-state index in [1.54, 1.807) is 11.3 Å². The molecule has 1 nitrogen and oxygen atoms in total. The quantitative estimate of drug-likeness (QED) is 0.604. The van der Waals surface area contributed by atoms with E-state index >= 15 is 0 Å². The molecule has 0 N–H and O–H groups in total. The highest BCUT2D eigenvalue weighted by atomic mass is 32.1. The van der Waals surface area contributed by atoms with Gasteiger partial charge < -0.3 is 0 Å². The van der Waals surface area contributed by atoms with E-state index in [9.17, 15) is 0 Å². The highest BCUT2D eigenvalue weighted by Gasteiger charge is 2.10. The Morgan fingerprint density at radius 3 is 2.44 bits per heavy atom. The van der Waals surface area contributed by atoms with Gasteiger partial charge in [0.1, 0.15) is 0 Å². The Balaban J connectivity index is 2.00. The molecule has 0 aliphatic carbocycles. The molecule has 3 aromatic heterocycles. The van der Waals surface area contributed by atoms with Gasteiger partial charge in [0, 0.05) is 23.1 Å². The zero-order valence-electron chi connectivity index (χ0n) is 8.54. The van der Waals surface area contributed by atoms with Gasteiger partial charge in [-0.25, -0.2) is 0 Å². The molecule has 0 fully saturated rings. The second-order valence-electron chi connectivity index (χ2n) is 3.40. The molecule has 0 saturated heterocycles. The molecule has 0 saturated carbocycles. The van der Waals surface area contributed by atoms with E-state index in [0.29, 0.717) is 0 Å². The molecule has 0 atom stereocenters. The summed E-state index contributed by atoms with van der Waals surface area (Å²) in [5.74, 6) is 0. The standard InChI is InChI=1S/C13H10NS2/c1-2-8-14(9-3-1)13-7-6-12(16-13)11-5-4-10-15-11/h1-10H/q+1. The molecule has 0 aliphatic rings. The topological polar surface area (TPSA) is 3.88 Å². The van der Waals surface area contributed by atoms with Crippen LogP contribution in [0.5, 0.6) is 0 Å². The molecule has 0 amide bonds. The first-order valence-electron chi connectivity index (χ1n) is 5.04. The third kappa shape index (κ3) is 1.79. The fraction of sp³-hybridized carbons (Fsp3) is 0. The van der Waals surface area contributed by atoms with Crippen molar-refractivity contribution in [2.75, 3.05) is 0 Å². The first-order chi connectivity index (χ1) is 7.93. The van der Waals surface area contributed by atoms with Crippen LogP contribution in [-0.2, 0) is 0 Å². The molecule has 16 heavy (non-hydrogen) atoms. The number of pyridine rings is 1. The average Bonchev–Trinajstić information content (AvgIpc) is 3.01. The van der Waals surface area contributed by atoms with Crippen LogP contribution in [0.3, 0.4) is 0 Å². The molecule has 0 spiro atoms. The lowest BCUT2D eigenvalue weighted by atomic mass is 10.4. The van der Waals surface area contributed by atoms with E-state index in [0.717, 1.165) is 0 Å². The summed E-state index contributed by atoms with van der Waals surface area (Å²) in [6, 6.07) is 14.7. The maximum absolute atomic E-state index is 2.19. The molecular formula is C13H10NS2+. The van der Waals surface area contributed by atoms with Crippen molar-refractivity contribution >= 4 is 22.7 Å². The summed E-state index contributed by atoms with van der Waals surface area (Å²) in [5.41, 5.74) is 0. The SMILES string of the molecule is c1cc[n+](-c2ccc(-c3cccs3)s2)cc1. The van der Waals surface area contributed by atoms with Gasteiger partial charge in [0.25, 0.3) is 5.00 Å². The van der Waals surface area contributed by atoms with Crippen LogP contribution >= 0.6 is 22.7 Å². The third-order valence-electron chi connectivity index (χ3n) is 2.33. The zero-order chi connectivity index (χ0) is 10.8. The molecule has 0 aliphatic heterocycles. The molecule has 0 radical (unpaired) electrons. The second kappa shape index (κ2) is 4.20. The Morgan fingerprint density at radius 2 is 1.69 bits per heavy atom. The lowest BCUT2D eigenvalue weighted by Gasteiger charge is -1.89. The van der Waals surface area contributed by atoms with Crippen molar-refractivity contribution in [3.8, 4) is 14.8 Å². The van der Waals surface area contributed by atoms with Gasteiger partial charge in [-0.1, -0.05) is 23.5 Å². The smallest absolute Gasteiger partial charge is 0.158 e. The number of hydrogen-bond donors (Lipinski definition) is 0. The Kier molecular flexibility index (Phi) is 2.56. The van der Waals surface area contributed by atoms with Crippen LogP contribution < -0.4 is 4.57 Å².